The van der Waals surface area contributed by atoms with E-state index in [0.717, 1.165) is 0 Å². The first-order valence-electron chi connectivity index (χ1n) is 6.00. The van der Waals surface area contributed by atoms with Gasteiger partial charge in [-0.3, -0.25) is 4.79 Å². The molecule has 7 heteroatoms. The van der Waals surface area contributed by atoms with E-state index in [9.17, 15) is 14.4 Å². The number of aromatic carboxylic acids is 1. The highest BCUT2D eigenvalue weighted by atomic mass is 16.5. The van der Waals surface area contributed by atoms with Crippen molar-refractivity contribution >= 4 is 23.5 Å². The van der Waals surface area contributed by atoms with Crippen molar-refractivity contribution in [3.8, 4) is 0 Å². The van der Waals surface area contributed by atoms with Crippen LogP contribution in [0.1, 0.15) is 23.2 Å². The lowest BCUT2D eigenvalue weighted by Gasteiger charge is -2.12. The number of nitrogens with one attached hydrogen (secondary N) is 1. The number of amides is 1. The number of anilines is 1. The summed E-state index contributed by atoms with van der Waals surface area (Å²) in [5.41, 5.74) is 0.385. The molecule has 0 bridgehead atoms. The molecular weight excluding hydrogens is 266 g/mol. The van der Waals surface area contributed by atoms with E-state index in [4.69, 9.17) is 14.9 Å². The SMILES string of the molecule is O=C(O)c1cccc(NC(=O)[C@@H]2CC[C@H](C(=O)O)O2)c1. The molecule has 0 saturated carbocycles. The van der Waals surface area contributed by atoms with Crippen LogP contribution in [0.4, 0.5) is 5.69 Å². The van der Waals surface area contributed by atoms with Crippen LogP contribution in [0.5, 0.6) is 0 Å². The maximum Gasteiger partial charge on any atom is 0.335 e. The first-order chi connectivity index (χ1) is 9.47. The van der Waals surface area contributed by atoms with Crippen LogP contribution in [-0.4, -0.2) is 40.3 Å². The molecule has 7 nitrogen and oxygen atoms in total. The third-order valence-electron chi connectivity index (χ3n) is 2.96. The minimum Gasteiger partial charge on any atom is -0.479 e. The monoisotopic (exact) mass is 279 g/mol. The van der Waals surface area contributed by atoms with Gasteiger partial charge in [0.25, 0.3) is 5.91 Å². The van der Waals surface area contributed by atoms with Crippen LogP contribution in [0.15, 0.2) is 24.3 Å². The number of carbonyl (C=O) groups is 3. The van der Waals surface area contributed by atoms with Crippen molar-refractivity contribution in [3.05, 3.63) is 29.8 Å². The van der Waals surface area contributed by atoms with E-state index in [0.29, 0.717) is 12.1 Å². The van der Waals surface area contributed by atoms with E-state index in [1.165, 1.54) is 18.2 Å². The number of rotatable bonds is 4. The number of carboxylic acid groups (broad SMARTS) is 2. The summed E-state index contributed by atoms with van der Waals surface area (Å²) in [5.74, 6) is -2.66. The molecule has 1 fully saturated rings. The molecule has 2 atom stereocenters. The summed E-state index contributed by atoms with van der Waals surface area (Å²) in [6.45, 7) is 0. The number of carbonyl (C=O) groups excluding carboxylic acids is 1. The molecule has 1 aromatic carbocycles. The lowest BCUT2D eigenvalue weighted by atomic mass is 10.1. The standard InChI is InChI=1S/C13H13NO6/c15-11(9-4-5-10(20-9)13(18)19)14-8-3-1-2-7(6-8)12(16)17/h1-3,6,9-10H,4-5H2,(H,14,15)(H,16,17)(H,18,19)/t9-,10+/m0/s1. The maximum absolute atomic E-state index is 11.9. The fourth-order valence-corrected chi connectivity index (χ4v) is 1.96. The van der Waals surface area contributed by atoms with Crippen molar-refractivity contribution in [2.45, 2.75) is 25.0 Å². The Labute approximate surface area is 114 Å². The molecule has 1 aliphatic heterocycles. The van der Waals surface area contributed by atoms with Gasteiger partial charge in [-0.05, 0) is 31.0 Å². The molecule has 3 N–H and O–H groups in total. The van der Waals surface area contributed by atoms with Crippen molar-refractivity contribution in [3.63, 3.8) is 0 Å². The van der Waals surface area contributed by atoms with Crippen molar-refractivity contribution in [2.24, 2.45) is 0 Å². The summed E-state index contributed by atoms with van der Waals surface area (Å²) >= 11 is 0. The molecule has 1 heterocycles. The molecule has 0 aliphatic carbocycles. The quantitative estimate of drug-likeness (QED) is 0.756. The molecule has 1 aliphatic rings. The van der Waals surface area contributed by atoms with E-state index in [1.807, 2.05) is 0 Å². The molecule has 1 aromatic rings. The first kappa shape index (κ1) is 14.0. The molecule has 1 amide bonds. The van der Waals surface area contributed by atoms with Gasteiger partial charge in [-0.15, -0.1) is 0 Å². The van der Waals surface area contributed by atoms with Gasteiger partial charge in [0.15, 0.2) is 6.10 Å². The smallest absolute Gasteiger partial charge is 0.335 e. The second-order valence-electron chi connectivity index (χ2n) is 4.40. The normalized spacial score (nSPS) is 21.4. The van der Waals surface area contributed by atoms with Gasteiger partial charge in [0.05, 0.1) is 5.56 Å². The Morgan fingerprint density at radius 2 is 1.85 bits per heavy atom. The molecule has 20 heavy (non-hydrogen) atoms. The second kappa shape index (κ2) is 5.70. The van der Waals surface area contributed by atoms with Gasteiger partial charge in [0.2, 0.25) is 0 Å². The molecule has 0 spiro atoms. The van der Waals surface area contributed by atoms with Gasteiger partial charge >= 0.3 is 11.9 Å². The van der Waals surface area contributed by atoms with Crippen LogP contribution < -0.4 is 5.32 Å². The number of aliphatic carboxylic acids is 1. The first-order valence-corrected chi connectivity index (χ1v) is 6.00. The molecule has 0 unspecified atom stereocenters. The average molecular weight is 279 g/mol. The summed E-state index contributed by atoms with van der Waals surface area (Å²) in [4.78, 5) is 33.4. The predicted octanol–water partition coefficient (Wildman–Crippen LogP) is 0.955. The highest BCUT2D eigenvalue weighted by molar-refractivity contribution is 5.96. The maximum atomic E-state index is 11.9. The molecular formula is C13H13NO6. The van der Waals surface area contributed by atoms with Crippen LogP contribution >= 0.6 is 0 Å². The number of benzene rings is 1. The molecule has 0 aromatic heterocycles. The zero-order valence-electron chi connectivity index (χ0n) is 10.4. The number of carboxylic acids is 2. The minimum atomic E-state index is -1.09. The van der Waals surface area contributed by atoms with Crippen LogP contribution in [0.25, 0.3) is 0 Å². The average Bonchev–Trinajstić information content (AvgIpc) is 2.88. The Kier molecular flexibility index (Phi) is 3.99. The Balaban J connectivity index is 2.00. The van der Waals surface area contributed by atoms with Gasteiger partial charge in [0, 0.05) is 5.69 Å². The van der Waals surface area contributed by atoms with Gasteiger partial charge in [-0.25, -0.2) is 9.59 Å². The highest BCUT2D eigenvalue weighted by Gasteiger charge is 2.34. The zero-order valence-corrected chi connectivity index (χ0v) is 10.4. The molecule has 1 saturated heterocycles. The predicted molar refractivity (Wildman–Crippen MR) is 67.6 cm³/mol. The topological polar surface area (TPSA) is 113 Å². The van der Waals surface area contributed by atoms with Gasteiger partial charge < -0.3 is 20.3 Å². The second-order valence-corrected chi connectivity index (χ2v) is 4.40. The van der Waals surface area contributed by atoms with E-state index >= 15 is 0 Å². The van der Waals surface area contributed by atoms with Gasteiger partial charge in [-0.2, -0.15) is 0 Å². The largest absolute Gasteiger partial charge is 0.479 e. The molecule has 2 rings (SSSR count). The van der Waals surface area contributed by atoms with Crippen molar-refractivity contribution in [2.75, 3.05) is 5.32 Å². The fraction of sp³-hybridized carbons (Fsp3) is 0.308. The minimum absolute atomic E-state index is 0.0542. The summed E-state index contributed by atoms with van der Waals surface area (Å²) in [6.07, 6.45) is -1.19. The summed E-state index contributed by atoms with van der Waals surface area (Å²) in [5, 5.41) is 20.1. The number of hydrogen-bond acceptors (Lipinski definition) is 4. The Morgan fingerprint density at radius 3 is 2.45 bits per heavy atom. The van der Waals surface area contributed by atoms with E-state index in [1.54, 1.807) is 6.07 Å². The fourth-order valence-electron chi connectivity index (χ4n) is 1.96. The third kappa shape index (κ3) is 3.12. The van der Waals surface area contributed by atoms with Crippen LogP contribution in [-0.2, 0) is 14.3 Å². The zero-order chi connectivity index (χ0) is 14.7. The number of ether oxygens (including phenoxy) is 1. The van der Waals surface area contributed by atoms with E-state index < -0.39 is 30.1 Å². The van der Waals surface area contributed by atoms with Crippen LogP contribution in [0, 0.1) is 0 Å². The molecule has 0 radical (unpaired) electrons. The lowest BCUT2D eigenvalue weighted by molar-refractivity contribution is -0.150. The third-order valence-corrected chi connectivity index (χ3v) is 2.96. The van der Waals surface area contributed by atoms with Gasteiger partial charge in [0.1, 0.15) is 6.10 Å². The van der Waals surface area contributed by atoms with E-state index in [2.05, 4.69) is 5.32 Å². The van der Waals surface area contributed by atoms with Crippen molar-refractivity contribution < 1.29 is 29.3 Å². The van der Waals surface area contributed by atoms with Crippen molar-refractivity contribution in [1.29, 1.82) is 0 Å². The highest BCUT2D eigenvalue weighted by Crippen LogP contribution is 2.21. The Hall–Kier alpha value is -2.41. The lowest BCUT2D eigenvalue weighted by Crippen LogP contribution is -2.30. The Morgan fingerprint density at radius 1 is 1.15 bits per heavy atom. The number of hydrogen-bond donors (Lipinski definition) is 3. The van der Waals surface area contributed by atoms with E-state index in [-0.39, 0.29) is 12.0 Å². The summed E-state index contributed by atoms with van der Waals surface area (Å²) in [6, 6.07) is 5.79. The summed E-state index contributed by atoms with van der Waals surface area (Å²) < 4.78 is 5.11. The molecule has 106 valence electrons. The summed E-state index contributed by atoms with van der Waals surface area (Å²) in [7, 11) is 0. The van der Waals surface area contributed by atoms with Crippen molar-refractivity contribution in [1.82, 2.24) is 0 Å². The Bertz CT molecular complexity index is 556. The van der Waals surface area contributed by atoms with Gasteiger partial charge in [-0.1, -0.05) is 6.07 Å². The van der Waals surface area contributed by atoms with Crippen LogP contribution in [0.2, 0.25) is 0 Å². The van der Waals surface area contributed by atoms with Crippen LogP contribution in [0.3, 0.4) is 0 Å².